The summed E-state index contributed by atoms with van der Waals surface area (Å²) in [6.45, 7) is 0.401. The lowest BCUT2D eigenvalue weighted by Gasteiger charge is -2.39. The van der Waals surface area contributed by atoms with Crippen molar-refractivity contribution in [2.45, 2.75) is 76.4 Å². The van der Waals surface area contributed by atoms with Gasteiger partial charge in [-0.05, 0) is 80.5 Å². The number of benzene rings is 2. The van der Waals surface area contributed by atoms with Gasteiger partial charge in [-0.15, -0.1) is 0 Å². The van der Waals surface area contributed by atoms with E-state index in [1.54, 1.807) is 18.2 Å². The molecule has 0 bridgehead atoms. The molecule has 34 heavy (non-hydrogen) atoms. The zero-order valence-corrected chi connectivity index (χ0v) is 20.2. The molecule has 2 amide bonds. The zero-order chi connectivity index (χ0) is 24.1. The predicted octanol–water partition coefficient (Wildman–Crippen LogP) is 5.91. The Labute approximate surface area is 205 Å². The normalized spacial score (nSPS) is 21.1. The van der Waals surface area contributed by atoms with E-state index in [0.29, 0.717) is 17.3 Å². The third-order valence-corrected chi connectivity index (χ3v) is 7.52. The van der Waals surface area contributed by atoms with Crippen LogP contribution in [0.5, 0.6) is 0 Å². The predicted molar refractivity (Wildman–Crippen MR) is 133 cm³/mol. The van der Waals surface area contributed by atoms with Gasteiger partial charge in [-0.3, -0.25) is 9.59 Å². The molecule has 0 spiro atoms. The van der Waals surface area contributed by atoms with E-state index in [4.69, 9.17) is 17.3 Å². The summed E-state index contributed by atoms with van der Waals surface area (Å²) in [5.74, 6) is -0.581. The molecule has 2 aliphatic rings. The Balaban J connectivity index is 1.54. The Kier molecular flexibility index (Phi) is 8.22. The Hall–Kier alpha value is -2.44. The lowest BCUT2D eigenvalue weighted by molar-refractivity contribution is -0.140. The molecule has 2 fully saturated rings. The van der Waals surface area contributed by atoms with E-state index in [0.717, 1.165) is 56.9 Å². The number of nitrogens with zero attached hydrogens (tertiary/aromatic N) is 1. The van der Waals surface area contributed by atoms with Gasteiger partial charge in [0.15, 0.2) is 0 Å². The summed E-state index contributed by atoms with van der Waals surface area (Å²) in [4.78, 5) is 28.2. The SMILES string of the molecule is NC1CCC(N(Cc2cc(NC(=O)c3cccc(F)c3)ccc2Cl)C(=O)C2CCCCC2)CC1. The molecule has 7 heteroatoms. The van der Waals surface area contributed by atoms with Crippen molar-refractivity contribution in [3.05, 3.63) is 64.4 Å². The highest BCUT2D eigenvalue weighted by atomic mass is 35.5. The summed E-state index contributed by atoms with van der Waals surface area (Å²) >= 11 is 6.55. The van der Waals surface area contributed by atoms with Gasteiger partial charge >= 0.3 is 0 Å². The molecule has 0 unspecified atom stereocenters. The van der Waals surface area contributed by atoms with Crippen LogP contribution in [0, 0.1) is 11.7 Å². The maximum absolute atomic E-state index is 13.6. The number of rotatable bonds is 6. The standard InChI is InChI=1S/C27H33ClFN3O2/c28-25-14-11-23(31-26(33)19-7-4-8-21(29)15-19)16-20(25)17-32(24-12-9-22(30)10-13-24)27(34)18-5-2-1-3-6-18/h4,7-8,11,14-16,18,22,24H,1-3,5-6,9-10,12-13,17,30H2,(H,31,33). The van der Waals surface area contributed by atoms with Crippen molar-refractivity contribution in [2.75, 3.05) is 5.32 Å². The smallest absolute Gasteiger partial charge is 0.255 e. The van der Waals surface area contributed by atoms with E-state index in [2.05, 4.69) is 5.32 Å². The number of anilines is 1. The number of carbonyl (C=O) groups excluding carboxylic acids is 2. The molecule has 2 aromatic carbocycles. The first-order chi connectivity index (χ1) is 16.4. The van der Waals surface area contributed by atoms with Crippen LogP contribution in [0.1, 0.15) is 73.7 Å². The first-order valence-electron chi connectivity index (χ1n) is 12.3. The van der Waals surface area contributed by atoms with Gasteiger partial charge in [0.1, 0.15) is 5.82 Å². The minimum Gasteiger partial charge on any atom is -0.335 e. The number of carbonyl (C=O) groups is 2. The topological polar surface area (TPSA) is 75.4 Å². The average Bonchev–Trinajstić information content (AvgIpc) is 2.85. The van der Waals surface area contributed by atoms with Gasteiger partial charge in [0.25, 0.3) is 5.91 Å². The summed E-state index contributed by atoms with van der Waals surface area (Å²) in [7, 11) is 0. The summed E-state index contributed by atoms with van der Waals surface area (Å²) in [5.41, 5.74) is 7.72. The molecule has 4 rings (SSSR count). The molecule has 0 saturated heterocycles. The maximum Gasteiger partial charge on any atom is 0.255 e. The first kappa shape index (κ1) is 24.7. The monoisotopic (exact) mass is 485 g/mol. The number of amides is 2. The van der Waals surface area contributed by atoms with Crippen molar-refractivity contribution in [1.29, 1.82) is 0 Å². The molecule has 0 atom stereocenters. The summed E-state index contributed by atoms with van der Waals surface area (Å²) < 4.78 is 13.5. The van der Waals surface area contributed by atoms with E-state index in [1.165, 1.54) is 24.6 Å². The third kappa shape index (κ3) is 6.16. The van der Waals surface area contributed by atoms with E-state index in [1.807, 2.05) is 11.0 Å². The Morgan fingerprint density at radius 1 is 1.00 bits per heavy atom. The largest absolute Gasteiger partial charge is 0.335 e. The van der Waals surface area contributed by atoms with Gasteiger partial charge in [0.2, 0.25) is 5.91 Å². The van der Waals surface area contributed by atoms with Crippen molar-refractivity contribution in [2.24, 2.45) is 11.7 Å². The Morgan fingerprint density at radius 2 is 1.74 bits per heavy atom. The fourth-order valence-electron chi connectivity index (χ4n) is 5.17. The third-order valence-electron chi connectivity index (χ3n) is 7.15. The number of halogens is 2. The molecule has 0 radical (unpaired) electrons. The van der Waals surface area contributed by atoms with Crippen LogP contribution in [0.3, 0.4) is 0 Å². The Morgan fingerprint density at radius 3 is 2.44 bits per heavy atom. The van der Waals surface area contributed by atoms with Crippen LogP contribution < -0.4 is 11.1 Å². The molecular weight excluding hydrogens is 453 g/mol. The molecule has 182 valence electrons. The number of hydrogen-bond acceptors (Lipinski definition) is 3. The van der Waals surface area contributed by atoms with Gasteiger partial charge in [-0.1, -0.05) is 36.9 Å². The van der Waals surface area contributed by atoms with Crippen molar-refractivity contribution >= 4 is 29.1 Å². The molecule has 0 aliphatic heterocycles. The highest BCUT2D eigenvalue weighted by molar-refractivity contribution is 6.31. The summed E-state index contributed by atoms with van der Waals surface area (Å²) in [5, 5.41) is 3.37. The number of nitrogens with two attached hydrogens (primary N) is 1. The maximum atomic E-state index is 13.6. The van der Waals surface area contributed by atoms with Crippen LogP contribution in [0.15, 0.2) is 42.5 Å². The van der Waals surface area contributed by atoms with Gasteiger partial charge in [-0.25, -0.2) is 4.39 Å². The van der Waals surface area contributed by atoms with Crippen molar-refractivity contribution in [3.8, 4) is 0 Å². The van der Waals surface area contributed by atoms with Crippen LogP contribution in [-0.4, -0.2) is 28.8 Å². The van der Waals surface area contributed by atoms with Crippen LogP contribution in [0.4, 0.5) is 10.1 Å². The van der Waals surface area contributed by atoms with E-state index in [-0.39, 0.29) is 29.5 Å². The highest BCUT2D eigenvalue weighted by Crippen LogP contribution is 2.32. The van der Waals surface area contributed by atoms with Crippen molar-refractivity contribution in [1.82, 2.24) is 4.90 Å². The second-order valence-electron chi connectivity index (χ2n) is 9.64. The Bertz CT molecular complexity index is 1020. The van der Waals surface area contributed by atoms with Gasteiger partial charge in [0, 0.05) is 40.8 Å². The van der Waals surface area contributed by atoms with Crippen molar-refractivity contribution < 1.29 is 14.0 Å². The highest BCUT2D eigenvalue weighted by Gasteiger charge is 2.33. The second kappa shape index (κ2) is 11.3. The van der Waals surface area contributed by atoms with Crippen LogP contribution in [0.25, 0.3) is 0 Å². The summed E-state index contributed by atoms with van der Waals surface area (Å²) in [6, 6.07) is 11.2. The van der Waals surface area contributed by atoms with E-state index < -0.39 is 11.7 Å². The average molecular weight is 486 g/mol. The van der Waals surface area contributed by atoms with Crippen LogP contribution >= 0.6 is 11.6 Å². The van der Waals surface area contributed by atoms with Gasteiger partial charge in [0.05, 0.1) is 0 Å². The molecule has 2 saturated carbocycles. The summed E-state index contributed by atoms with van der Waals surface area (Å²) in [6.07, 6.45) is 8.90. The zero-order valence-electron chi connectivity index (χ0n) is 19.4. The molecule has 0 heterocycles. The molecule has 2 aromatic rings. The van der Waals surface area contributed by atoms with Gasteiger partial charge < -0.3 is 16.0 Å². The number of nitrogens with one attached hydrogen (secondary N) is 1. The van der Waals surface area contributed by atoms with E-state index in [9.17, 15) is 14.0 Å². The molecular formula is C27H33ClFN3O2. The minimum absolute atomic E-state index is 0.0685. The fourth-order valence-corrected chi connectivity index (χ4v) is 5.35. The second-order valence-corrected chi connectivity index (χ2v) is 10.0. The lowest BCUT2D eigenvalue weighted by Crippen LogP contribution is -2.46. The fraction of sp³-hybridized carbons (Fsp3) is 0.481. The van der Waals surface area contributed by atoms with E-state index >= 15 is 0 Å². The lowest BCUT2D eigenvalue weighted by atomic mass is 9.85. The molecule has 5 nitrogen and oxygen atoms in total. The first-order valence-corrected chi connectivity index (χ1v) is 12.7. The van der Waals surface area contributed by atoms with Gasteiger partial charge in [-0.2, -0.15) is 0 Å². The quantitative estimate of drug-likeness (QED) is 0.534. The van der Waals surface area contributed by atoms with Crippen molar-refractivity contribution in [3.63, 3.8) is 0 Å². The molecule has 0 aromatic heterocycles. The molecule has 3 N–H and O–H groups in total. The molecule has 2 aliphatic carbocycles. The minimum atomic E-state index is -0.464. The number of hydrogen-bond donors (Lipinski definition) is 2. The van der Waals surface area contributed by atoms with Crippen LogP contribution in [0.2, 0.25) is 5.02 Å². The van der Waals surface area contributed by atoms with Crippen LogP contribution in [-0.2, 0) is 11.3 Å².